The van der Waals surface area contributed by atoms with Crippen LogP contribution in [0.25, 0.3) is 0 Å². The van der Waals surface area contributed by atoms with Gasteiger partial charge in [-0.05, 0) is 112 Å². The Kier molecular flexibility index (Phi) is 20.8. The first-order valence-electron chi connectivity index (χ1n) is 25.0. The maximum absolute atomic E-state index is 14.5. The van der Waals surface area contributed by atoms with Crippen molar-refractivity contribution in [2.24, 2.45) is 35.5 Å². The molecule has 5 rings (SSSR count). The van der Waals surface area contributed by atoms with E-state index < -0.39 is 77.8 Å². The van der Waals surface area contributed by atoms with Crippen LogP contribution < -0.4 is 0 Å². The molecule has 69 heavy (non-hydrogen) atoms. The predicted octanol–water partition coefficient (Wildman–Crippen LogP) is 6.05. The number of carbonyl (C=O) groups excluding carboxylic acids is 5. The summed E-state index contributed by atoms with van der Waals surface area (Å²) in [6, 6.07) is -1.24. The van der Waals surface area contributed by atoms with Gasteiger partial charge in [-0.3, -0.25) is 19.2 Å². The van der Waals surface area contributed by atoms with Gasteiger partial charge in [0, 0.05) is 58.5 Å². The van der Waals surface area contributed by atoms with Crippen molar-refractivity contribution in [3.05, 3.63) is 53.9 Å². The molecule has 1 aromatic rings. The van der Waals surface area contributed by atoms with Crippen molar-refractivity contribution in [3.63, 3.8) is 0 Å². The molecule has 4 heterocycles. The minimum absolute atomic E-state index is 0.0168. The van der Waals surface area contributed by atoms with Gasteiger partial charge >= 0.3 is 5.97 Å². The highest BCUT2D eigenvalue weighted by Gasteiger charge is 2.53. The van der Waals surface area contributed by atoms with Crippen molar-refractivity contribution in [2.75, 3.05) is 27.9 Å². The molecule has 1 aliphatic carbocycles. The van der Waals surface area contributed by atoms with Crippen molar-refractivity contribution in [1.29, 1.82) is 0 Å². The molecular weight excluding hydrogens is 887 g/mol. The molecule has 3 aliphatic heterocycles. The van der Waals surface area contributed by atoms with E-state index in [0.717, 1.165) is 18.4 Å². The number of esters is 1. The third-order valence-corrected chi connectivity index (χ3v) is 15.1. The van der Waals surface area contributed by atoms with E-state index in [-0.39, 0.29) is 60.9 Å². The second-order valence-electron chi connectivity index (χ2n) is 20.3. The largest absolute Gasteiger partial charge is 0.460 e. The highest BCUT2D eigenvalue weighted by Crippen LogP contribution is 2.39. The molecule has 1 unspecified atom stereocenters. The van der Waals surface area contributed by atoms with Crippen LogP contribution in [0, 0.1) is 35.5 Å². The highest BCUT2D eigenvalue weighted by molar-refractivity contribution is 6.39. The molecule has 17 heteroatoms. The Morgan fingerprint density at radius 3 is 2.32 bits per heavy atom. The molecule has 0 aromatic carbocycles. The number of aromatic nitrogens is 4. The molecule has 0 radical (unpaired) electrons. The van der Waals surface area contributed by atoms with Crippen LogP contribution in [0.4, 0.5) is 0 Å². The number of carbonyl (C=O) groups is 5. The first-order chi connectivity index (χ1) is 32.8. The Morgan fingerprint density at radius 2 is 1.64 bits per heavy atom. The summed E-state index contributed by atoms with van der Waals surface area (Å²) in [4.78, 5) is 73.9. The van der Waals surface area contributed by atoms with Gasteiger partial charge in [0.25, 0.3) is 11.7 Å². The Balaban J connectivity index is 1.46. The highest BCUT2D eigenvalue weighted by atomic mass is 16.6. The summed E-state index contributed by atoms with van der Waals surface area (Å²) in [6.07, 6.45) is 13.7. The third-order valence-electron chi connectivity index (χ3n) is 15.1. The number of Topliss-reactive ketones (excluding diaryl/α,β-unsaturated/α-hetero) is 3. The lowest BCUT2D eigenvalue weighted by Crippen LogP contribution is -2.61. The second kappa shape index (κ2) is 25.7. The Hall–Kier alpha value is -4.26. The smallest absolute Gasteiger partial charge is 0.329 e. The number of allylic oxidation sites excluding steroid dienone is 6. The number of hydrogen-bond acceptors (Lipinski definition) is 15. The molecular formula is C52H79N5O12. The number of hydrogen-bond donors (Lipinski definition) is 2. The molecule has 17 nitrogen and oxygen atoms in total. The lowest BCUT2D eigenvalue weighted by Gasteiger charge is -2.42. The van der Waals surface area contributed by atoms with E-state index in [1.807, 2.05) is 58.1 Å². The van der Waals surface area contributed by atoms with Crippen LogP contribution in [0.2, 0.25) is 0 Å². The first-order valence-corrected chi connectivity index (χ1v) is 25.0. The lowest BCUT2D eigenvalue weighted by molar-refractivity contribution is -0.265. The predicted molar refractivity (Wildman–Crippen MR) is 256 cm³/mol. The lowest BCUT2D eigenvalue weighted by atomic mass is 9.77. The average molecular weight is 966 g/mol. The summed E-state index contributed by atoms with van der Waals surface area (Å²) in [5, 5.41) is 35.7. The van der Waals surface area contributed by atoms with Gasteiger partial charge in [0.15, 0.2) is 12.1 Å². The number of rotatable bonds is 7. The summed E-state index contributed by atoms with van der Waals surface area (Å²) in [7, 11) is 4.61. The number of fused-ring (bicyclic) bond motifs is 3. The van der Waals surface area contributed by atoms with E-state index >= 15 is 0 Å². The fraction of sp³-hybridized carbons (Fsp3) is 0.731. The zero-order chi connectivity index (χ0) is 50.6. The van der Waals surface area contributed by atoms with E-state index in [1.165, 1.54) is 18.3 Å². The van der Waals surface area contributed by atoms with Crippen LogP contribution in [-0.2, 0) is 47.7 Å². The molecule has 1 aromatic heterocycles. The number of amides is 1. The number of methoxy groups -OCH3 is 3. The number of ketones is 3. The van der Waals surface area contributed by atoms with E-state index in [2.05, 4.69) is 15.4 Å². The zero-order valence-electron chi connectivity index (χ0n) is 42.5. The van der Waals surface area contributed by atoms with Crippen LogP contribution in [-0.4, -0.2) is 141 Å². The fourth-order valence-electron chi connectivity index (χ4n) is 10.7. The summed E-state index contributed by atoms with van der Waals surface area (Å²) in [5.74, 6) is -7.94. The maximum atomic E-state index is 14.5. The Bertz CT molecular complexity index is 2020. The van der Waals surface area contributed by atoms with E-state index in [1.54, 1.807) is 45.9 Å². The molecule has 1 amide bonds. The number of aliphatic hydroxyl groups excluding tert-OH is 1. The number of cyclic esters (lactones) is 1. The van der Waals surface area contributed by atoms with Crippen molar-refractivity contribution >= 4 is 29.2 Å². The Labute approximate surface area is 408 Å². The monoisotopic (exact) mass is 966 g/mol. The molecule has 0 spiro atoms. The minimum atomic E-state index is -2.43. The third kappa shape index (κ3) is 14.2. The number of aliphatic hydroxyl groups is 2. The van der Waals surface area contributed by atoms with E-state index in [0.29, 0.717) is 56.9 Å². The first kappa shape index (κ1) is 55.7. The van der Waals surface area contributed by atoms with Gasteiger partial charge in [0.05, 0.1) is 24.4 Å². The normalized spacial score (nSPS) is 38.8. The molecule has 2 N–H and O–H groups in total. The van der Waals surface area contributed by atoms with Crippen molar-refractivity contribution in [1.82, 2.24) is 25.1 Å². The summed E-state index contributed by atoms with van der Waals surface area (Å²) < 4.78 is 29.9. The summed E-state index contributed by atoms with van der Waals surface area (Å²) >= 11 is 0. The minimum Gasteiger partial charge on any atom is -0.460 e. The van der Waals surface area contributed by atoms with Gasteiger partial charge < -0.3 is 38.8 Å². The molecule has 15 atom stereocenters. The molecule has 384 valence electrons. The van der Waals surface area contributed by atoms with Gasteiger partial charge in [0.1, 0.15) is 30.1 Å². The average Bonchev–Trinajstić information content (AvgIpc) is 3.88. The molecule has 1 saturated carbocycles. The quantitative estimate of drug-likeness (QED) is 0.181. The number of nitrogens with zero attached hydrogens (tertiary/aromatic N) is 5. The van der Waals surface area contributed by atoms with Gasteiger partial charge in [-0.1, -0.05) is 71.1 Å². The molecule has 2 bridgehead atoms. The van der Waals surface area contributed by atoms with Crippen LogP contribution >= 0.6 is 0 Å². The molecule has 3 fully saturated rings. The van der Waals surface area contributed by atoms with Crippen molar-refractivity contribution < 1.29 is 57.9 Å². The standard InChI is InChI=1S/C52H79N5O12/c1-31-16-12-11-13-17-32(2)43(65-8)28-39-21-19-37(7)52(64,69-39)49(61)50(62)56-23-15-14-18-41(56)51(63)68-44(34(4)26-38-20-22-40(45(27-38)66-9)57-54-30-53-55-57)29-42(58)33(3)25-36(6)47(60)48(67-10)46(59)35(5)24-31/h11-13,16-17,25,30-31,33-35,37-41,43-45,47-48,60,64H,14-15,18-24,26-29H2,1-10H3/b13-11+,16-12+,32-17+,36-25+/t31-,33-,34-,35+,37?,38+,39+,40+,41+,43+,44+,45-,47-,48+,52-/m1/s1. The van der Waals surface area contributed by atoms with Crippen LogP contribution in [0.1, 0.15) is 132 Å². The second-order valence-corrected chi connectivity index (χ2v) is 20.3. The van der Waals surface area contributed by atoms with Gasteiger partial charge in [-0.25, -0.2) is 4.79 Å². The van der Waals surface area contributed by atoms with Gasteiger partial charge in [-0.2, -0.15) is 4.80 Å². The molecule has 4 aliphatic rings. The van der Waals surface area contributed by atoms with Crippen LogP contribution in [0.15, 0.2) is 53.9 Å². The number of piperidine rings is 1. The number of ether oxygens (including phenoxy) is 5. The maximum Gasteiger partial charge on any atom is 0.329 e. The van der Waals surface area contributed by atoms with Crippen LogP contribution in [0.5, 0.6) is 0 Å². The van der Waals surface area contributed by atoms with E-state index in [9.17, 15) is 34.2 Å². The van der Waals surface area contributed by atoms with E-state index in [4.69, 9.17) is 23.7 Å². The van der Waals surface area contributed by atoms with Crippen molar-refractivity contribution in [2.45, 2.75) is 180 Å². The van der Waals surface area contributed by atoms with Crippen LogP contribution in [0.3, 0.4) is 0 Å². The summed E-state index contributed by atoms with van der Waals surface area (Å²) in [5.41, 5.74) is 1.27. The van der Waals surface area contributed by atoms with Gasteiger partial charge in [-0.15, -0.1) is 10.2 Å². The fourth-order valence-corrected chi connectivity index (χ4v) is 10.7. The topological polar surface area (TPSA) is 219 Å². The summed E-state index contributed by atoms with van der Waals surface area (Å²) in [6.45, 7) is 12.8. The SMILES string of the molecule is CO[C@H]1C[C@@H]2CCC(C)[C@@](O)(O2)C(=O)C(=O)N2CCCC[C@H]2C(=O)O[C@H]([C@H](C)C[C@@H]2CC[C@H](n3ncnn3)[C@H](OC)C2)CC(=O)[C@H](C)/C=C(\C)[C@@H](O)[C@@H](OC)C(=O)[C@@H](C)C[C@H](C)/C=C/C=C/C=C/1C. The Morgan fingerprint density at radius 1 is 0.884 bits per heavy atom. The zero-order valence-corrected chi connectivity index (χ0v) is 42.5. The van der Waals surface area contributed by atoms with Crippen molar-refractivity contribution in [3.8, 4) is 0 Å². The molecule has 2 saturated heterocycles. The van der Waals surface area contributed by atoms with Gasteiger partial charge in [0.2, 0.25) is 5.79 Å². The number of tetrazole rings is 1.